The highest BCUT2D eigenvalue weighted by Crippen LogP contribution is 2.33. The summed E-state index contributed by atoms with van der Waals surface area (Å²) in [6, 6.07) is 20.0. The van der Waals surface area contributed by atoms with Gasteiger partial charge in [0.25, 0.3) is 5.91 Å². The molecule has 10 heteroatoms. The molecule has 1 atom stereocenters. The molecule has 1 aromatic heterocycles. The van der Waals surface area contributed by atoms with E-state index in [4.69, 9.17) is 4.74 Å². The molecule has 1 fully saturated rings. The Balaban J connectivity index is 1.46. The maximum absolute atomic E-state index is 13.2. The van der Waals surface area contributed by atoms with Crippen LogP contribution in [0.1, 0.15) is 28.8 Å². The van der Waals surface area contributed by atoms with Crippen LogP contribution in [0.25, 0.3) is 22.0 Å². The number of carbonyl (C=O) groups is 1. The van der Waals surface area contributed by atoms with Gasteiger partial charge in [-0.1, -0.05) is 36.4 Å². The van der Waals surface area contributed by atoms with Crippen molar-refractivity contribution in [2.75, 3.05) is 25.5 Å². The van der Waals surface area contributed by atoms with Gasteiger partial charge in [-0.2, -0.15) is 0 Å². The second-order valence-corrected chi connectivity index (χ2v) is 10.9. The maximum atomic E-state index is 13.2. The van der Waals surface area contributed by atoms with E-state index >= 15 is 0 Å². The number of hydrogen-bond acceptors (Lipinski definition) is 7. The Bertz CT molecular complexity index is 1580. The molecule has 1 amide bonds. The molecule has 0 saturated carbocycles. The zero-order valence-electron chi connectivity index (χ0n) is 21.2. The van der Waals surface area contributed by atoms with Gasteiger partial charge in [0.15, 0.2) is 5.82 Å². The highest BCUT2D eigenvalue weighted by atomic mass is 32.2. The topological polar surface area (TPSA) is 122 Å². The molecule has 1 saturated heterocycles. The van der Waals surface area contributed by atoms with Crippen molar-refractivity contribution < 1.29 is 17.9 Å². The summed E-state index contributed by atoms with van der Waals surface area (Å²) in [5, 5.41) is 16.4. The van der Waals surface area contributed by atoms with E-state index in [2.05, 4.69) is 25.6 Å². The normalized spacial score (nSPS) is 15.5. The monoisotopic (exact) mass is 531 g/mol. The Morgan fingerprint density at radius 2 is 1.79 bits per heavy atom. The molecule has 0 aliphatic carbocycles. The van der Waals surface area contributed by atoms with E-state index < -0.39 is 10.0 Å². The van der Waals surface area contributed by atoms with Gasteiger partial charge in [0.1, 0.15) is 5.69 Å². The smallest absolute Gasteiger partial charge is 0.251 e. The van der Waals surface area contributed by atoms with Gasteiger partial charge in [0.05, 0.1) is 11.0 Å². The summed E-state index contributed by atoms with van der Waals surface area (Å²) in [7, 11) is -2.15. The van der Waals surface area contributed by atoms with Gasteiger partial charge in [-0.05, 0) is 55.7 Å². The number of carbonyl (C=O) groups excluding carboxylic acids is 1. The molecular formula is C28H29N5O4S. The lowest BCUT2D eigenvalue weighted by Gasteiger charge is -2.15. The third-order valence-electron chi connectivity index (χ3n) is 6.60. The predicted molar refractivity (Wildman–Crippen MR) is 147 cm³/mol. The summed E-state index contributed by atoms with van der Waals surface area (Å²) in [5.41, 5.74) is 3.19. The minimum Gasteiger partial charge on any atom is -0.377 e. The van der Waals surface area contributed by atoms with E-state index in [9.17, 15) is 13.2 Å². The van der Waals surface area contributed by atoms with Crippen LogP contribution in [-0.4, -0.2) is 50.8 Å². The van der Waals surface area contributed by atoms with E-state index in [-0.39, 0.29) is 23.5 Å². The summed E-state index contributed by atoms with van der Waals surface area (Å²) >= 11 is 0. The first-order valence-electron chi connectivity index (χ1n) is 12.4. The van der Waals surface area contributed by atoms with Gasteiger partial charge in [0.2, 0.25) is 10.0 Å². The van der Waals surface area contributed by atoms with Crippen LogP contribution in [0.15, 0.2) is 71.6 Å². The van der Waals surface area contributed by atoms with Crippen molar-refractivity contribution in [1.29, 1.82) is 0 Å². The molecule has 4 aromatic rings. The number of nitrogens with one attached hydrogen (secondary N) is 3. The van der Waals surface area contributed by atoms with Gasteiger partial charge in [0, 0.05) is 47.8 Å². The summed E-state index contributed by atoms with van der Waals surface area (Å²) in [5.74, 6) is 0.392. The number of hydrogen-bond donors (Lipinski definition) is 3. The average Bonchev–Trinajstić information content (AvgIpc) is 3.46. The summed E-state index contributed by atoms with van der Waals surface area (Å²) < 4.78 is 34.6. The number of aryl methyl sites for hydroxylation is 1. The van der Waals surface area contributed by atoms with Crippen LogP contribution >= 0.6 is 0 Å². The number of amides is 1. The molecule has 0 spiro atoms. The maximum Gasteiger partial charge on any atom is 0.251 e. The third-order valence-corrected chi connectivity index (χ3v) is 8.17. The molecule has 2 heterocycles. The molecule has 1 aliphatic heterocycles. The lowest BCUT2D eigenvalue weighted by atomic mass is 10.0. The first-order chi connectivity index (χ1) is 18.4. The van der Waals surface area contributed by atoms with Crippen molar-refractivity contribution in [1.82, 2.24) is 20.2 Å². The molecule has 9 nitrogen and oxygen atoms in total. The van der Waals surface area contributed by atoms with E-state index in [0.717, 1.165) is 29.3 Å². The van der Waals surface area contributed by atoms with Gasteiger partial charge in [-0.25, -0.2) is 13.1 Å². The lowest BCUT2D eigenvalue weighted by Crippen LogP contribution is -2.32. The fraction of sp³-hybridized carbons (Fsp3) is 0.250. The van der Waals surface area contributed by atoms with E-state index in [1.165, 1.54) is 0 Å². The second-order valence-electron chi connectivity index (χ2n) is 9.19. The number of anilines is 2. The fourth-order valence-corrected chi connectivity index (χ4v) is 5.85. The van der Waals surface area contributed by atoms with Gasteiger partial charge < -0.3 is 15.4 Å². The molecule has 38 heavy (non-hydrogen) atoms. The minimum absolute atomic E-state index is 0.0943. The molecule has 3 N–H and O–H groups in total. The van der Waals surface area contributed by atoms with E-state index in [1.807, 2.05) is 30.3 Å². The van der Waals surface area contributed by atoms with Crippen molar-refractivity contribution in [2.24, 2.45) is 0 Å². The molecule has 0 radical (unpaired) electrons. The van der Waals surface area contributed by atoms with E-state index in [0.29, 0.717) is 34.8 Å². The Hall–Kier alpha value is -3.86. The van der Waals surface area contributed by atoms with Crippen LogP contribution in [0.3, 0.4) is 0 Å². The minimum atomic E-state index is -3.74. The van der Waals surface area contributed by atoms with Crippen molar-refractivity contribution in [3.05, 3.63) is 77.9 Å². The Morgan fingerprint density at radius 1 is 1.03 bits per heavy atom. The molecule has 0 unspecified atom stereocenters. The van der Waals surface area contributed by atoms with Crippen LogP contribution < -0.4 is 15.4 Å². The molecule has 0 bridgehead atoms. The average molecular weight is 532 g/mol. The number of aromatic nitrogens is 2. The van der Waals surface area contributed by atoms with Crippen LogP contribution in [0.2, 0.25) is 0 Å². The lowest BCUT2D eigenvalue weighted by molar-refractivity contribution is 0.0963. The number of benzene rings is 3. The highest BCUT2D eigenvalue weighted by molar-refractivity contribution is 7.89. The summed E-state index contributed by atoms with van der Waals surface area (Å²) in [4.78, 5) is 12.0. The van der Waals surface area contributed by atoms with E-state index in [1.54, 1.807) is 50.4 Å². The number of nitrogens with zero attached hydrogens (tertiary/aromatic N) is 2. The molecular weight excluding hydrogens is 502 g/mol. The Morgan fingerprint density at radius 3 is 2.50 bits per heavy atom. The zero-order chi connectivity index (χ0) is 26.7. The van der Waals surface area contributed by atoms with Crippen molar-refractivity contribution in [3.63, 3.8) is 0 Å². The predicted octanol–water partition coefficient (Wildman–Crippen LogP) is 4.17. The van der Waals surface area contributed by atoms with Crippen molar-refractivity contribution in [2.45, 2.75) is 30.8 Å². The van der Waals surface area contributed by atoms with Crippen LogP contribution in [0.5, 0.6) is 0 Å². The quantitative estimate of drug-likeness (QED) is 0.312. The second kappa shape index (κ2) is 10.9. The first-order valence-corrected chi connectivity index (χ1v) is 13.9. The van der Waals surface area contributed by atoms with Crippen LogP contribution in [0.4, 0.5) is 11.5 Å². The van der Waals surface area contributed by atoms with Gasteiger partial charge in [-0.15, -0.1) is 10.2 Å². The summed E-state index contributed by atoms with van der Waals surface area (Å²) in [6.45, 7) is 2.69. The standard InChI is InChI=1S/C28H29N5O4S/c1-18-9-10-20(16-25(18)38(35,36)30-17-22-6-5-15-37-22)26-23-7-3-4-8-24(23)27(33-32-26)31-21-13-11-19(12-14-21)28(34)29-2/h3-4,7-14,16,22,30H,5-6,15,17H2,1-2H3,(H,29,34)(H,31,33)/t22-/m0/s1. The summed E-state index contributed by atoms with van der Waals surface area (Å²) in [6.07, 6.45) is 1.70. The van der Waals surface area contributed by atoms with Gasteiger partial charge >= 0.3 is 0 Å². The zero-order valence-corrected chi connectivity index (χ0v) is 22.0. The number of rotatable bonds is 8. The molecule has 1 aliphatic rings. The number of fused-ring (bicyclic) bond motifs is 1. The van der Waals surface area contributed by atoms with Gasteiger partial charge in [-0.3, -0.25) is 4.79 Å². The molecule has 3 aromatic carbocycles. The molecule has 196 valence electrons. The first kappa shape index (κ1) is 25.8. The van der Waals surface area contributed by atoms with Crippen LogP contribution in [0, 0.1) is 6.92 Å². The Kier molecular flexibility index (Phi) is 7.37. The third kappa shape index (κ3) is 5.38. The van der Waals surface area contributed by atoms with Crippen LogP contribution in [-0.2, 0) is 14.8 Å². The highest BCUT2D eigenvalue weighted by Gasteiger charge is 2.23. The van der Waals surface area contributed by atoms with Crippen molar-refractivity contribution >= 4 is 38.2 Å². The fourth-order valence-electron chi connectivity index (χ4n) is 4.52. The SMILES string of the molecule is CNC(=O)c1ccc(Nc2nnc(-c3ccc(C)c(S(=O)(=O)NC[C@@H]4CCCO4)c3)c3ccccc23)cc1. The molecule has 5 rings (SSSR count). The number of sulfonamides is 1. The largest absolute Gasteiger partial charge is 0.377 e. The number of ether oxygens (including phenoxy) is 1. The Labute approximate surface area is 221 Å². The van der Waals surface area contributed by atoms with Crippen molar-refractivity contribution in [3.8, 4) is 11.3 Å².